The predicted molar refractivity (Wildman–Crippen MR) is 83.0 cm³/mol. The molecule has 0 unspecified atom stereocenters. The van der Waals surface area contributed by atoms with Crippen LogP contribution in [0.2, 0.25) is 0 Å². The first-order chi connectivity index (χ1) is 10.5. The van der Waals surface area contributed by atoms with Gasteiger partial charge in [-0.05, 0) is 36.4 Å². The first kappa shape index (κ1) is 16.2. The van der Waals surface area contributed by atoms with Crippen molar-refractivity contribution in [1.82, 2.24) is 5.32 Å². The number of nitrogens with one attached hydrogen (secondary N) is 2. The molecule has 0 atom stereocenters. The van der Waals surface area contributed by atoms with Gasteiger partial charge < -0.3 is 15.4 Å². The standard InChI is InChI=1S/C15H13BrF2N2O2/c16-10-1-4-12(5-2-10)20-15(21)19-7-8-22-14-6-3-11(17)9-13(14)18/h1-6,9H,7-8H2,(H2,19,20,21). The van der Waals surface area contributed by atoms with Gasteiger partial charge in [0, 0.05) is 16.2 Å². The van der Waals surface area contributed by atoms with Crippen molar-refractivity contribution in [2.45, 2.75) is 0 Å². The second kappa shape index (κ2) is 7.74. The lowest BCUT2D eigenvalue weighted by molar-refractivity contribution is 0.246. The predicted octanol–water partition coefficient (Wildman–Crippen LogP) is 3.93. The average molecular weight is 371 g/mol. The quantitative estimate of drug-likeness (QED) is 0.783. The Morgan fingerprint density at radius 2 is 1.86 bits per heavy atom. The van der Waals surface area contributed by atoms with Crippen LogP contribution in [0.15, 0.2) is 46.9 Å². The highest BCUT2D eigenvalue weighted by molar-refractivity contribution is 9.10. The van der Waals surface area contributed by atoms with Gasteiger partial charge in [0.2, 0.25) is 0 Å². The smallest absolute Gasteiger partial charge is 0.319 e. The summed E-state index contributed by atoms with van der Waals surface area (Å²) in [4.78, 5) is 11.6. The van der Waals surface area contributed by atoms with Crippen LogP contribution in [0.25, 0.3) is 0 Å². The maximum atomic E-state index is 13.3. The molecule has 0 aliphatic carbocycles. The Morgan fingerprint density at radius 1 is 1.14 bits per heavy atom. The van der Waals surface area contributed by atoms with E-state index in [1.807, 2.05) is 0 Å². The molecule has 0 bridgehead atoms. The van der Waals surface area contributed by atoms with Gasteiger partial charge in [-0.1, -0.05) is 15.9 Å². The third-order valence-corrected chi connectivity index (χ3v) is 3.17. The molecule has 7 heteroatoms. The number of ether oxygens (including phenoxy) is 1. The molecule has 2 aromatic carbocycles. The number of urea groups is 1. The number of rotatable bonds is 5. The summed E-state index contributed by atoms with van der Waals surface area (Å²) >= 11 is 3.30. The highest BCUT2D eigenvalue weighted by Crippen LogP contribution is 2.17. The van der Waals surface area contributed by atoms with Crippen LogP contribution in [0.1, 0.15) is 0 Å². The SMILES string of the molecule is O=C(NCCOc1ccc(F)cc1F)Nc1ccc(Br)cc1. The normalized spacial score (nSPS) is 10.1. The Morgan fingerprint density at radius 3 is 2.55 bits per heavy atom. The van der Waals surface area contributed by atoms with Crippen LogP contribution in [0.3, 0.4) is 0 Å². The van der Waals surface area contributed by atoms with E-state index in [1.165, 1.54) is 6.07 Å². The van der Waals surface area contributed by atoms with Gasteiger partial charge in [-0.25, -0.2) is 13.6 Å². The lowest BCUT2D eigenvalue weighted by Crippen LogP contribution is -2.32. The summed E-state index contributed by atoms with van der Waals surface area (Å²) in [5.74, 6) is -1.51. The van der Waals surface area contributed by atoms with Crippen molar-refractivity contribution in [3.05, 3.63) is 58.6 Å². The van der Waals surface area contributed by atoms with Crippen molar-refractivity contribution >= 4 is 27.6 Å². The molecule has 0 saturated carbocycles. The number of benzene rings is 2. The molecule has 0 spiro atoms. The molecule has 4 nitrogen and oxygen atoms in total. The molecule has 0 saturated heterocycles. The number of hydrogen-bond acceptors (Lipinski definition) is 2. The van der Waals surface area contributed by atoms with Crippen molar-refractivity contribution in [3.63, 3.8) is 0 Å². The second-order valence-corrected chi connectivity index (χ2v) is 5.23. The largest absolute Gasteiger partial charge is 0.489 e. The van der Waals surface area contributed by atoms with Gasteiger partial charge in [-0.2, -0.15) is 0 Å². The monoisotopic (exact) mass is 370 g/mol. The number of carbonyl (C=O) groups excluding carboxylic acids is 1. The number of halogens is 3. The van der Waals surface area contributed by atoms with Crippen LogP contribution in [-0.2, 0) is 0 Å². The van der Waals surface area contributed by atoms with Crippen molar-refractivity contribution in [2.75, 3.05) is 18.5 Å². The molecule has 2 amide bonds. The zero-order chi connectivity index (χ0) is 15.9. The fourth-order valence-electron chi connectivity index (χ4n) is 1.63. The third kappa shape index (κ3) is 5.00. The van der Waals surface area contributed by atoms with Crippen molar-refractivity contribution in [2.24, 2.45) is 0 Å². The van der Waals surface area contributed by atoms with Gasteiger partial charge >= 0.3 is 6.03 Å². The molecular weight excluding hydrogens is 358 g/mol. The number of anilines is 1. The Labute approximate surface area is 134 Å². The van der Waals surface area contributed by atoms with E-state index in [4.69, 9.17) is 4.74 Å². The van der Waals surface area contributed by atoms with Gasteiger partial charge in [-0.3, -0.25) is 0 Å². The fraction of sp³-hybridized carbons (Fsp3) is 0.133. The minimum absolute atomic E-state index is 0.0588. The van der Waals surface area contributed by atoms with Gasteiger partial charge in [0.1, 0.15) is 12.4 Å². The molecule has 0 aromatic heterocycles. The van der Waals surface area contributed by atoms with E-state index in [-0.39, 0.29) is 18.9 Å². The maximum absolute atomic E-state index is 13.3. The average Bonchev–Trinajstić information content (AvgIpc) is 2.48. The fourth-order valence-corrected chi connectivity index (χ4v) is 1.89. The second-order valence-electron chi connectivity index (χ2n) is 4.31. The van der Waals surface area contributed by atoms with Gasteiger partial charge in [0.25, 0.3) is 0 Å². The molecule has 22 heavy (non-hydrogen) atoms. The summed E-state index contributed by atoms with van der Waals surface area (Å²) in [6.45, 7) is 0.246. The molecule has 0 fully saturated rings. The van der Waals surface area contributed by atoms with Crippen LogP contribution in [0, 0.1) is 11.6 Å². The Hall–Kier alpha value is -2.15. The minimum Gasteiger partial charge on any atom is -0.489 e. The molecule has 0 aliphatic heterocycles. The van der Waals surface area contributed by atoms with Crippen LogP contribution >= 0.6 is 15.9 Å². The third-order valence-electron chi connectivity index (χ3n) is 2.64. The molecule has 2 rings (SSSR count). The van der Waals surface area contributed by atoms with Crippen LogP contribution in [0.5, 0.6) is 5.75 Å². The highest BCUT2D eigenvalue weighted by Gasteiger charge is 2.05. The van der Waals surface area contributed by atoms with E-state index in [9.17, 15) is 13.6 Å². The number of hydrogen-bond donors (Lipinski definition) is 2. The van der Waals surface area contributed by atoms with Crippen LogP contribution < -0.4 is 15.4 Å². The summed E-state index contributed by atoms with van der Waals surface area (Å²) in [5, 5.41) is 5.20. The molecule has 2 aromatic rings. The summed E-state index contributed by atoms with van der Waals surface area (Å²) in [6.07, 6.45) is 0. The summed E-state index contributed by atoms with van der Waals surface area (Å²) in [5.41, 5.74) is 0.645. The van der Waals surface area contributed by atoms with Crippen molar-refractivity contribution in [3.8, 4) is 5.75 Å². The lowest BCUT2D eigenvalue weighted by Gasteiger charge is -2.09. The zero-order valence-electron chi connectivity index (χ0n) is 11.4. The summed E-state index contributed by atoms with van der Waals surface area (Å²) < 4.78 is 32.0. The Balaban J connectivity index is 1.72. The van der Waals surface area contributed by atoms with Crippen molar-refractivity contribution in [1.29, 1.82) is 0 Å². The molecule has 116 valence electrons. The zero-order valence-corrected chi connectivity index (χ0v) is 13.0. The van der Waals surface area contributed by atoms with Gasteiger partial charge in [0.15, 0.2) is 11.6 Å². The molecule has 2 N–H and O–H groups in total. The summed E-state index contributed by atoms with van der Waals surface area (Å²) in [6, 6.07) is 9.74. The molecule has 0 heterocycles. The van der Waals surface area contributed by atoms with Crippen LogP contribution in [0.4, 0.5) is 19.3 Å². The van der Waals surface area contributed by atoms with Crippen LogP contribution in [-0.4, -0.2) is 19.2 Å². The number of carbonyl (C=O) groups is 1. The first-order valence-corrected chi connectivity index (χ1v) is 7.22. The topological polar surface area (TPSA) is 50.4 Å². The molecule has 0 aliphatic rings. The van der Waals surface area contributed by atoms with E-state index in [0.717, 1.165) is 16.6 Å². The van der Waals surface area contributed by atoms with E-state index >= 15 is 0 Å². The number of amides is 2. The molecular formula is C15H13BrF2N2O2. The van der Waals surface area contributed by atoms with Gasteiger partial charge in [-0.15, -0.1) is 0 Å². The summed E-state index contributed by atoms with van der Waals surface area (Å²) in [7, 11) is 0. The van der Waals surface area contributed by atoms with E-state index in [1.54, 1.807) is 24.3 Å². The van der Waals surface area contributed by atoms with Gasteiger partial charge in [0.05, 0.1) is 6.54 Å². The lowest BCUT2D eigenvalue weighted by atomic mass is 10.3. The van der Waals surface area contributed by atoms with E-state index in [2.05, 4.69) is 26.6 Å². The highest BCUT2D eigenvalue weighted by atomic mass is 79.9. The van der Waals surface area contributed by atoms with E-state index in [0.29, 0.717) is 5.69 Å². The maximum Gasteiger partial charge on any atom is 0.319 e. The Bertz CT molecular complexity index is 650. The Kier molecular flexibility index (Phi) is 5.71. The van der Waals surface area contributed by atoms with Crippen molar-refractivity contribution < 1.29 is 18.3 Å². The molecule has 0 radical (unpaired) electrons. The minimum atomic E-state index is -0.778. The van der Waals surface area contributed by atoms with E-state index < -0.39 is 17.7 Å². The first-order valence-electron chi connectivity index (χ1n) is 6.43.